The molecule has 27 heavy (non-hydrogen) atoms. The number of aryl methyl sites for hydroxylation is 1. The van der Waals surface area contributed by atoms with Crippen molar-refractivity contribution in [1.82, 2.24) is 10.3 Å². The molecule has 2 aromatic rings. The van der Waals surface area contributed by atoms with E-state index >= 15 is 0 Å². The number of benzene rings is 1. The van der Waals surface area contributed by atoms with Gasteiger partial charge in [-0.2, -0.15) is 13.2 Å². The predicted octanol–water partition coefficient (Wildman–Crippen LogP) is 4.48. The summed E-state index contributed by atoms with van der Waals surface area (Å²) < 4.78 is 38.6. The topological polar surface area (TPSA) is 66.0 Å². The van der Waals surface area contributed by atoms with Crippen molar-refractivity contribution in [2.75, 3.05) is 23.7 Å². The molecular weight excluding hydrogens is 381 g/mol. The molecule has 1 aliphatic heterocycles. The lowest BCUT2D eigenvalue weighted by atomic mass is 10.1. The Kier molecular flexibility index (Phi) is 5.74. The lowest BCUT2D eigenvalue weighted by Gasteiger charge is -2.17. The fraction of sp³-hybridized carbons (Fsp3) is 0.333. The number of amides is 2. The number of alkyl halides is 3. The third kappa shape index (κ3) is 5.03. The van der Waals surface area contributed by atoms with Crippen molar-refractivity contribution in [3.8, 4) is 0 Å². The number of carbonyl (C=O) groups is 1. The van der Waals surface area contributed by atoms with Crippen LogP contribution in [-0.2, 0) is 19.0 Å². The zero-order valence-corrected chi connectivity index (χ0v) is 15.0. The van der Waals surface area contributed by atoms with E-state index in [1.807, 2.05) is 12.1 Å². The number of hydrogen-bond acceptors (Lipinski definition) is 3. The number of rotatable bonds is 4. The molecule has 0 saturated heterocycles. The van der Waals surface area contributed by atoms with Gasteiger partial charge in [-0.15, -0.1) is 0 Å². The fourth-order valence-electron chi connectivity index (χ4n) is 2.81. The van der Waals surface area contributed by atoms with Gasteiger partial charge in [-0.3, -0.25) is 0 Å². The summed E-state index contributed by atoms with van der Waals surface area (Å²) in [4.78, 5) is 16.4. The SMILES string of the molecule is O=C(NCCc1ccc2c(n1)NCCC2)Nc1ccc(Cl)c(C(F)(F)F)c1. The van der Waals surface area contributed by atoms with E-state index in [-0.39, 0.29) is 5.69 Å². The summed E-state index contributed by atoms with van der Waals surface area (Å²) in [5.74, 6) is 0.879. The number of nitrogens with one attached hydrogen (secondary N) is 3. The first kappa shape index (κ1) is 19.3. The standard InChI is InChI=1S/C18H18ClF3N4O/c19-15-6-5-13(10-14(15)18(20,21)22)26-17(27)24-9-7-12-4-3-11-2-1-8-23-16(11)25-12/h3-6,10H,1-2,7-9H2,(H,23,25)(H2,24,26,27). The van der Waals surface area contributed by atoms with Crippen molar-refractivity contribution >= 4 is 29.1 Å². The molecular formula is C18H18ClF3N4O. The average molecular weight is 399 g/mol. The zero-order chi connectivity index (χ0) is 19.4. The van der Waals surface area contributed by atoms with Crippen LogP contribution >= 0.6 is 11.6 Å². The summed E-state index contributed by atoms with van der Waals surface area (Å²) in [5, 5.41) is 7.81. The smallest absolute Gasteiger partial charge is 0.370 e. The first-order chi connectivity index (χ1) is 12.8. The van der Waals surface area contributed by atoms with Crippen molar-refractivity contribution in [1.29, 1.82) is 0 Å². The van der Waals surface area contributed by atoms with Crippen molar-refractivity contribution in [2.45, 2.75) is 25.4 Å². The molecule has 0 saturated carbocycles. The molecule has 0 bridgehead atoms. The van der Waals surface area contributed by atoms with Crippen LogP contribution in [0.4, 0.5) is 29.5 Å². The molecule has 144 valence electrons. The normalized spacial score (nSPS) is 13.5. The van der Waals surface area contributed by atoms with Gasteiger partial charge in [0.2, 0.25) is 0 Å². The zero-order valence-electron chi connectivity index (χ0n) is 14.3. The van der Waals surface area contributed by atoms with Crippen LogP contribution in [0, 0.1) is 0 Å². The third-order valence-corrected chi connectivity index (χ3v) is 4.48. The lowest BCUT2D eigenvalue weighted by Crippen LogP contribution is -2.30. The van der Waals surface area contributed by atoms with Gasteiger partial charge in [0.25, 0.3) is 0 Å². The Morgan fingerprint density at radius 1 is 1.26 bits per heavy atom. The highest BCUT2D eigenvalue weighted by Gasteiger charge is 2.33. The quantitative estimate of drug-likeness (QED) is 0.711. The van der Waals surface area contributed by atoms with E-state index in [2.05, 4.69) is 20.9 Å². The summed E-state index contributed by atoms with van der Waals surface area (Å²) in [6.45, 7) is 1.20. The second-order valence-electron chi connectivity index (χ2n) is 6.16. The summed E-state index contributed by atoms with van der Waals surface area (Å²) in [5.41, 5.74) is 1.03. The number of aromatic nitrogens is 1. The van der Waals surface area contributed by atoms with Crippen LogP contribution < -0.4 is 16.0 Å². The molecule has 1 aliphatic rings. The molecule has 1 aromatic heterocycles. The summed E-state index contributed by atoms with van der Waals surface area (Å²) in [7, 11) is 0. The fourth-order valence-corrected chi connectivity index (χ4v) is 3.03. The van der Waals surface area contributed by atoms with E-state index in [1.165, 1.54) is 11.6 Å². The molecule has 2 heterocycles. The van der Waals surface area contributed by atoms with Crippen LogP contribution in [0.2, 0.25) is 5.02 Å². The monoisotopic (exact) mass is 398 g/mol. The average Bonchev–Trinajstić information content (AvgIpc) is 2.62. The molecule has 9 heteroatoms. The number of carbonyl (C=O) groups excluding carboxylic acids is 1. The molecule has 1 aromatic carbocycles. The highest BCUT2D eigenvalue weighted by molar-refractivity contribution is 6.31. The third-order valence-electron chi connectivity index (χ3n) is 4.15. The molecule has 3 rings (SSSR count). The number of fused-ring (bicyclic) bond motifs is 1. The number of anilines is 2. The van der Waals surface area contributed by atoms with Crippen LogP contribution in [0.15, 0.2) is 30.3 Å². The van der Waals surface area contributed by atoms with E-state index in [9.17, 15) is 18.0 Å². The molecule has 0 unspecified atom stereocenters. The highest BCUT2D eigenvalue weighted by Crippen LogP contribution is 2.36. The summed E-state index contributed by atoms with van der Waals surface area (Å²) in [6.07, 6.45) is -2.00. The van der Waals surface area contributed by atoms with Gasteiger partial charge in [0.15, 0.2) is 0 Å². The molecule has 0 fully saturated rings. The van der Waals surface area contributed by atoms with Crippen molar-refractivity contribution in [3.63, 3.8) is 0 Å². The summed E-state index contributed by atoms with van der Waals surface area (Å²) in [6, 6.07) is 6.56. The van der Waals surface area contributed by atoms with Gasteiger partial charge in [0.1, 0.15) is 5.82 Å². The van der Waals surface area contributed by atoms with Crippen LogP contribution in [0.3, 0.4) is 0 Å². The van der Waals surface area contributed by atoms with Crippen LogP contribution in [0.5, 0.6) is 0 Å². The minimum Gasteiger partial charge on any atom is -0.370 e. The number of halogens is 4. The van der Waals surface area contributed by atoms with Gasteiger partial charge >= 0.3 is 12.2 Å². The minimum atomic E-state index is -4.59. The molecule has 3 N–H and O–H groups in total. The second kappa shape index (κ2) is 8.04. The molecule has 0 spiro atoms. The van der Waals surface area contributed by atoms with Gasteiger partial charge in [-0.1, -0.05) is 17.7 Å². The van der Waals surface area contributed by atoms with Gasteiger partial charge in [-0.25, -0.2) is 9.78 Å². The Hall–Kier alpha value is -2.48. The van der Waals surface area contributed by atoms with Gasteiger partial charge in [0.05, 0.1) is 10.6 Å². The Morgan fingerprint density at radius 2 is 2.07 bits per heavy atom. The predicted molar refractivity (Wildman–Crippen MR) is 98.2 cm³/mol. The number of urea groups is 1. The van der Waals surface area contributed by atoms with Gasteiger partial charge in [-0.05, 0) is 42.7 Å². The number of nitrogens with zero attached hydrogens (tertiary/aromatic N) is 1. The minimum absolute atomic E-state index is 0.0142. The van der Waals surface area contributed by atoms with Crippen molar-refractivity contribution in [3.05, 3.63) is 52.2 Å². The highest BCUT2D eigenvalue weighted by atomic mass is 35.5. The van der Waals surface area contributed by atoms with Crippen LogP contribution in [-0.4, -0.2) is 24.1 Å². The molecule has 2 amide bonds. The molecule has 0 atom stereocenters. The molecule has 5 nitrogen and oxygen atoms in total. The lowest BCUT2D eigenvalue weighted by molar-refractivity contribution is -0.137. The summed E-state index contributed by atoms with van der Waals surface area (Å²) >= 11 is 5.56. The second-order valence-corrected chi connectivity index (χ2v) is 6.57. The Balaban J connectivity index is 1.53. The number of pyridine rings is 1. The van der Waals surface area contributed by atoms with Crippen molar-refractivity contribution in [2.24, 2.45) is 0 Å². The first-order valence-electron chi connectivity index (χ1n) is 8.47. The molecule has 0 radical (unpaired) electrons. The van der Waals surface area contributed by atoms with E-state index < -0.39 is 22.8 Å². The van der Waals surface area contributed by atoms with Crippen molar-refractivity contribution < 1.29 is 18.0 Å². The first-order valence-corrected chi connectivity index (χ1v) is 8.85. The van der Waals surface area contributed by atoms with Crippen LogP contribution in [0.1, 0.15) is 23.2 Å². The number of hydrogen-bond donors (Lipinski definition) is 3. The maximum Gasteiger partial charge on any atom is 0.417 e. The van der Waals surface area contributed by atoms with Gasteiger partial charge < -0.3 is 16.0 Å². The van der Waals surface area contributed by atoms with E-state index in [4.69, 9.17) is 11.6 Å². The Labute approximate surface area is 159 Å². The Bertz CT molecular complexity index is 842. The maximum atomic E-state index is 12.9. The van der Waals surface area contributed by atoms with E-state index in [1.54, 1.807) is 0 Å². The largest absolute Gasteiger partial charge is 0.417 e. The maximum absolute atomic E-state index is 12.9. The van der Waals surface area contributed by atoms with Gasteiger partial charge in [0, 0.05) is 30.9 Å². The van der Waals surface area contributed by atoms with E-state index in [0.717, 1.165) is 43.0 Å². The van der Waals surface area contributed by atoms with E-state index in [0.29, 0.717) is 13.0 Å². The molecule has 0 aliphatic carbocycles. The van der Waals surface area contributed by atoms with Crippen LogP contribution in [0.25, 0.3) is 0 Å². The Morgan fingerprint density at radius 3 is 2.85 bits per heavy atom.